The van der Waals surface area contributed by atoms with Crippen LogP contribution in [0.15, 0.2) is 41.0 Å². The maximum Gasteiger partial charge on any atom is 0.162 e. The van der Waals surface area contributed by atoms with E-state index in [9.17, 15) is 5.11 Å². The molecule has 0 aliphatic rings. The fraction of sp³-hybridized carbons (Fsp3) is 0.333. The van der Waals surface area contributed by atoms with E-state index >= 15 is 0 Å². The molecule has 0 amide bonds. The van der Waals surface area contributed by atoms with Crippen LogP contribution in [0.1, 0.15) is 31.2 Å². The lowest BCUT2D eigenvalue weighted by Crippen LogP contribution is -2.17. The summed E-state index contributed by atoms with van der Waals surface area (Å²) < 4.78 is 10.7. The molecule has 1 heterocycles. The summed E-state index contributed by atoms with van der Waals surface area (Å²) >= 11 is 0. The van der Waals surface area contributed by atoms with E-state index in [1.807, 2.05) is 38.1 Å². The molecule has 0 fully saturated rings. The minimum Gasteiger partial charge on any atom is -0.504 e. The van der Waals surface area contributed by atoms with Crippen molar-refractivity contribution in [3.05, 3.63) is 47.9 Å². The Balaban J connectivity index is 2.01. The first-order chi connectivity index (χ1) is 9.22. The summed E-state index contributed by atoms with van der Waals surface area (Å²) in [4.78, 5) is 0. The summed E-state index contributed by atoms with van der Waals surface area (Å²) in [5.41, 5.74) is 0.810. The second-order valence-corrected chi connectivity index (χ2v) is 4.31. The zero-order chi connectivity index (χ0) is 13.7. The third kappa shape index (κ3) is 3.29. The number of para-hydroxylation sites is 1. The van der Waals surface area contributed by atoms with Crippen molar-refractivity contribution in [1.29, 1.82) is 0 Å². The monoisotopic (exact) mass is 261 g/mol. The van der Waals surface area contributed by atoms with Crippen LogP contribution in [0.4, 0.5) is 0 Å². The molecule has 1 atom stereocenters. The van der Waals surface area contributed by atoms with Crippen molar-refractivity contribution in [2.75, 3.05) is 6.61 Å². The Hall–Kier alpha value is -1.94. The Morgan fingerprint density at radius 2 is 2.16 bits per heavy atom. The Morgan fingerprint density at radius 1 is 1.32 bits per heavy atom. The Kier molecular flexibility index (Phi) is 4.47. The van der Waals surface area contributed by atoms with Crippen molar-refractivity contribution >= 4 is 0 Å². The highest BCUT2D eigenvalue weighted by molar-refractivity contribution is 5.45. The Bertz CT molecular complexity index is 508. The molecule has 2 aromatic rings. The van der Waals surface area contributed by atoms with Crippen LogP contribution in [-0.2, 0) is 6.54 Å². The number of furan rings is 1. The molecule has 1 aromatic carbocycles. The van der Waals surface area contributed by atoms with Crippen LogP contribution in [0, 0.1) is 0 Å². The fourth-order valence-corrected chi connectivity index (χ4v) is 1.88. The molecule has 102 valence electrons. The topological polar surface area (TPSA) is 54.6 Å². The molecule has 0 saturated carbocycles. The molecule has 0 aliphatic heterocycles. The van der Waals surface area contributed by atoms with Crippen molar-refractivity contribution in [3.8, 4) is 11.5 Å². The average Bonchev–Trinajstić information content (AvgIpc) is 2.94. The predicted octanol–water partition coefficient (Wildman–Crippen LogP) is 3.23. The third-order valence-corrected chi connectivity index (χ3v) is 2.95. The van der Waals surface area contributed by atoms with Gasteiger partial charge in [0.2, 0.25) is 0 Å². The third-order valence-electron chi connectivity index (χ3n) is 2.95. The maximum atomic E-state index is 10.1. The predicted molar refractivity (Wildman–Crippen MR) is 73.2 cm³/mol. The van der Waals surface area contributed by atoms with E-state index in [0.29, 0.717) is 18.9 Å². The molecular weight excluding hydrogens is 242 g/mol. The van der Waals surface area contributed by atoms with Crippen LogP contribution in [0.3, 0.4) is 0 Å². The van der Waals surface area contributed by atoms with Gasteiger partial charge in [-0.1, -0.05) is 12.1 Å². The molecule has 2 rings (SSSR count). The molecule has 2 N–H and O–H groups in total. The summed E-state index contributed by atoms with van der Waals surface area (Å²) in [5.74, 6) is 1.59. The van der Waals surface area contributed by atoms with Crippen molar-refractivity contribution in [1.82, 2.24) is 5.32 Å². The molecule has 0 bridgehead atoms. The van der Waals surface area contributed by atoms with Gasteiger partial charge < -0.3 is 19.6 Å². The maximum absolute atomic E-state index is 10.1. The number of hydrogen-bond acceptors (Lipinski definition) is 4. The number of phenolic OH excluding ortho intramolecular Hbond substituents is 1. The van der Waals surface area contributed by atoms with Crippen LogP contribution in [0.2, 0.25) is 0 Å². The van der Waals surface area contributed by atoms with Crippen LogP contribution >= 0.6 is 0 Å². The van der Waals surface area contributed by atoms with E-state index in [2.05, 4.69) is 5.32 Å². The van der Waals surface area contributed by atoms with E-state index in [1.165, 1.54) is 0 Å². The molecule has 0 spiro atoms. The standard InChI is InChI=1S/C15H19NO3/c1-3-18-14-7-4-6-12(15(14)17)10-16-11(2)13-8-5-9-19-13/h4-9,11,16-17H,3,10H2,1-2H3/t11-/m1/s1. The molecule has 1 aromatic heterocycles. The van der Waals surface area contributed by atoms with Gasteiger partial charge in [0.25, 0.3) is 0 Å². The average molecular weight is 261 g/mol. The number of rotatable bonds is 6. The lowest BCUT2D eigenvalue weighted by Gasteiger charge is -2.14. The van der Waals surface area contributed by atoms with E-state index in [0.717, 1.165) is 11.3 Å². The van der Waals surface area contributed by atoms with Gasteiger partial charge in [-0.25, -0.2) is 0 Å². The van der Waals surface area contributed by atoms with Crippen molar-refractivity contribution < 1.29 is 14.3 Å². The van der Waals surface area contributed by atoms with Crippen LogP contribution in [-0.4, -0.2) is 11.7 Å². The van der Waals surface area contributed by atoms with Gasteiger partial charge in [-0.2, -0.15) is 0 Å². The van der Waals surface area contributed by atoms with Gasteiger partial charge in [0.1, 0.15) is 5.76 Å². The fourth-order valence-electron chi connectivity index (χ4n) is 1.88. The number of phenols is 1. The highest BCUT2D eigenvalue weighted by atomic mass is 16.5. The highest BCUT2D eigenvalue weighted by Crippen LogP contribution is 2.30. The quantitative estimate of drug-likeness (QED) is 0.838. The summed E-state index contributed by atoms with van der Waals surface area (Å²) in [7, 11) is 0. The number of aromatic hydroxyl groups is 1. The zero-order valence-electron chi connectivity index (χ0n) is 11.2. The largest absolute Gasteiger partial charge is 0.504 e. The van der Waals surface area contributed by atoms with E-state index in [4.69, 9.17) is 9.15 Å². The Morgan fingerprint density at radius 3 is 2.84 bits per heavy atom. The van der Waals surface area contributed by atoms with E-state index in [1.54, 1.807) is 12.3 Å². The van der Waals surface area contributed by atoms with Crippen LogP contribution in [0.25, 0.3) is 0 Å². The van der Waals surface area contributed by atoms with Gasteiger partial charge in [0.15, 0.2) is 11.5 Å². The molecule has 4 heteroatoms. The Labute approximate surface area is 113 Å². The first kappa shape index (κ1) is 13.5. The molecule has 4 nitrogen and oxygen atoms in total. The van der Waals surface area contributed by atoms with Gasteiger partial charge in [-0.15, -0.1) is 0 Å². The second-order valence-electron chi connectivity index (χ2n) is 4.31. The minimum absolute atomic E-state index is 0.0881. The number of benzene rings is 1. The number of hydrogen-bond donors (Lipinski definition) is 2. The SMILES string of the molecule is CCOc1cccc(CN[C@H](C)c2ccco2)c1O. The molecule has 19 heavy (non-hydrogen) atoms. The first-order valence-electron chi connectivity index (χ1n) is 6.42. The first-order valence-corrected chi connectivity index (χ1v) is 6.42. The number of ether oxygens (including phenoxy) is 1. The lowest BCUT2D eigenvalue weighted by molar-refractivity contribution is 0.316. The van der Waals surface area contributed by atoms with Gasteiger partial charge in [-0.3, -0.25) is 0 Å². The van der Waals surface area contributed by atoms with Gasteiger partial charge in [0, 0.05) is 12.1 Å². The van der Waals surface area contributed by atoms with E-state index in [-0.39, 0.29) is 11.8 Å². The molecular formula is C15H19NO3. The van der Waals surface area contributed by atoms with Gasteiger partial charge in [0.05, 0.1) is 18.9 Å². The zero-order valence-corrected chi connectivity index (χ0v) is 11.2. The van der Waals surface area contributed by atoms with Gasteiger partial charge in [-0.05, 0) is 32.0 Å². The number of nitrogens with one attached hydrogen (secondary N) is 1. The van der Waals surface area contributed by atoms with Crippen LogP contribution < -0.4 is 10.1 Å². The van der Waals surface area contributed by atoms with Crippen molar-refractivity contribution in [2.24, 2.45) is 0 Å². The minimum atomic E-state index is 0.0881. The summed E-state index contributed by atoms with van der Waals surface area (Å²) in [6.07, 6.45) is 1.65. The molecule has 0 radical (unpaired) electrons. The molecule has 0 aliphatic carbocycles. The molecule has 0 unspecified atom stereocenters. The van der Waals surface area contributed by atoms with Crippen LogP contribution in [0.5, 0.6) is 11.5 Å². The smallest absolute Gasteiger partial charge is 0.162 e. The summed E-state index contributed by atoms with van der Waals surface area (Å²) in [6.45, 7) is 4.99. The normalized spacial score (nSPS) is 12.3. The van der Waals surface area contributed by atoms with Crippen molar-refractivity contribution in [2.45, 2.75) is 26.4 Å². The van der Waals surface area contributed by atoms with E-state index < -0.39 is 0 Å². The second kappa shape index (κ2) is 6.29. The summed E-state index contributed by atoms with van der Waals surface area (Å²) in [5, 5.41) is 13.4. The van der Waals surface area contributed by atoms with Crippen molar-refractivity contribution in [3.63, 3.8) is 0 Å². The highest BCUT2D eigenvalue weighted by Gasteiger charge is 2.11. The molecule has 0 saturated heterocycles. The summed E-state index contributed by atoms with van der Waals surface area (Å²) in [6, 6.07) is 9.39. The lowest BCUT2D eigenvalue weighted by atomic mass is 10.1. The van der Waals surface area contributed by atoms with Gasteiger partial charge >= 0.3 is 0 Å².